The highest BCUT2D eigenvalue weighted by Gasteiger charge is 2.16. The van der Waals surface area contributed by atoms with Crippen molar-refractivity contribution in [2.75, 3.05) is 14.2 Å². The van der Waals surface area contributed by atoms with Crippen molar-refractivity contribution in [3.8, 4) is 11.5 Å². The predicted octanol–water partition coefficient (Wildman–Crippen LogP) is 5.14. The van der Waals surface area contributed by atoms with Gasteiger partial charge in [0, 0.05) is 24.2 Å². The summed E-state index contributed by atoms with van der Waals surface area (Å²) in [5, 5.41) is 16.5. The lowest BCUT2D eigenvalue weighted by Gasteiger charge is -2.14. The van der Waals surface area contributed by atoms with Crippen LogP contribution in [0.25, 0.3) is 0 Å². The van der Waals surface area contributed by atoms with Gasteiger partial charge in [-0.05, 0) is 59.8 Å². The van der Waals surface area contributed by atoms with Gasteiger partial charge in [-0.3, -0.25) is 10.9 Å². The van der Waals surface area contributed by atoms with Crippen LogP contribution in [-0.4, -0.2) is 35.9 Å². The zero-order valence-corrected chi connectivity index (χ0v) is 25.0. The summed E-state index contributed by atoms with van der Waals surface area (Å²) < 4.78 is 10.5. The zero-order chi connectivity index (χ0) is 29.6. The Hall–Kier alpha value is -4.80. The van der Waals surface area contributed by atoms with Crippen molar-refractivity contribution >= 4 is 46.1 Å². The average Bonchev–Trinajstić information content (AvgIpc) is 3.05. The Morgan fingerprint density at radius 1 is 0.548 bits per heavy atom. The van der Waals surface area contributed by atoms with E-state index in [4.69, 9.17) is 44.1 Å². The molecule has 0 spiro atoms. The summed E-state index contributed by atoms with van der Waals surface area (Å²) in [6, 6.07) is 35.1. The first kappa shape index (κ1) is 30.2. The van der Waals surface area contributed by atoms with Crippen LogP contribution < -0.4 is 31.0 Å². The lowest BCUT2D eigenvalue weighted by Crippen LogP contribution is -2.35. The fourth-order valence-corrected chi connectivity index (χ4v) is 4.08. The first-order valence-corrected chi connectivity index (χ1v) is 14.0. The standard InChI is InChI=1S/C32H32N6O2S2/c1-39-27-17-13-23(14-18-27)21-33-31(41)37-35-29(25-9-5-3-6-10-25)30(26-11-7-4-8-12-26)36-38-32(42)34-22-24-15-19-28(40-2)20-16-24/h3-20H,21-22H2,1-2H3,(H2,33,37,41)(H2,34,38,42)/b35-29+,36-30+. The van der Waals surface area contributed by atoms with Crippen molar-refractivity contribution in [3.63, 3.8) is 0 Å². The molecule has 0 aliphatic rings. The lowest BCUT2D eigenvalue weighted by molar-refractivity contribution is 0.414. The molecule has 0 atom stereocenters. The molecule has 214 valence electrons. The van der Waals surface area contributed by atoms with Crippen LogP contribution in [0.2, 0.25) is 0 Å². The number of ether oxygens (including phenoxy) is 2. The van der Waals surface area contributed by atoms with Crippen LogP contribution in [0.3, 0.4) is 0 Å². The van der Waals surface area contributed by atoms with Crippen LogP contribution in [0.5, 0.6) is 11.5 Å². The minimum absolute atomic E-state index is 0.372. The van der Waals surface area contributed by atoms with Crippen molar-refractivity contribution < 1.29 is 9.47 Å². The molecule has 0 fully saturated rings. The van der Waals surface area contributed by atoms with Gasteiger partial charge < -0.3 is 20.1 Å². The Bertz CT molecular complexity index is 1390. The van der Waals surface area contributed by atoms with Crippen LogP contribution in [0.15, 0.2) is 119 Å². The molecule has 0 aliphatic carbocycles. The molecule has 0 amide bonds. The van der Waals surface area contributed by atoms with E-state index in [2.05, 4.69) is 21.5 Å². The number of hydrogen-bond donors (Lipinski definition) is 4. The Morgan fingerprint density at radius 2 is 0.905 bits per heavy atom. The summed E-state index contributed by atoms with van der Waals surface area (Å²) in [4.78, 5) is 0. The van der Waals surface area contributed by atoms with E-state index in [0.717, 1.165) is 33.8 Å². The number of nitrogens with one attached hydrogen (secondary N) is 4. The van der Waals surface area contributed by atoms with Gasteiger partial charge in [0.2, 0.25) is 0 Å². The van der Waals surface area contributed by atoms with E-state index in [1.165, 1.54) is 0 Å². The predicted molar refractivity (Wildman–Crippen MR) is 177 cm³/mol. The number of thiocarbonyl (C=S) groups is 2. The van der Waals surface area contributed by atoms with Crippen molar-refractivity contribution in [3.05, 3.63) is 131 Å². The molecule has 4 aromatic rings. The third kappa shape index (κ3) is 9.12. The zero-order valence-electron chi connectivity index (χ0n) is 23.3. The van der Waals surface area contributed by atoms with Crippen LogP contribution in [0.1, 0.15) is 22.3 Å². The monoisotopic (exact) mass is 596 g/mol. The molecule has 8 nitrogen and oxygen atoms in total. The molecular weight excluding hydrogens is 565 g/mol. The van der Waals surface area contributed by atoms with Crippen LogP contribution in [-0.2, 0) is 13.1 Å². The van der Waals surface area contributed by atoms with Crippen molar-refractivity contribution in [2.24, 2.45) is 10.2 Å². The Labute approximate surface area is 256 Å². The molecule has 0 unspecified atom stereocenters. The molecule has 0 heterocycles. The molecule has 10 heteroatoms. The van der Waals surface area contributed by atoms with Crippen LogP contribution >= 0.6 is 24.4 Å². The van der Waals surface area contributed by atoms with Crippen molar-refractivity contribution in [1.82, 2.24) is 21.5 Å². The van der Waals surface area contributed by atoms with Crippen molar-refractivity contribution in [1.29, 1.82) is 0 Å². The van der Waals surface area contributed by atoms with Gasteiger partial charge in [-0.1, -0.05) is 84.9 Å². The summed E-state index contributed by atoms with van der Waals surface area (Å²) >= 11 is 11.1. The van der Waals surface area contributed by atoms with Gasteiger partial charge in [-0.15, -0.1) is 0 Å². The first-order chi connectivity index (χ1) is 20.6. The molecule has 0 radical (unpaired) electrons. The average molecular weight is 597 g/mol. The fourth-order valence-electron chi connectivity index (χ4n) is 3.84. The summed E-state index contributed by atoms with van der Waals surface area (Å²) in [5.74, 6) is 1.60. The van der Waals surface area contributed by atoms with Crippen LogP contribution in [0.4, 0.5) is 0 Å². The molecule has 0 saturated heterocycles. The summed E-state index contributed by atoms with van der Waals surface area (Å²) in [6.07, 6.45) is 0. The highest BCUT2D eigenvalue weighted by molar-refractivity contribution is 7.80. The third-order valence-electron chi connectivity index (χ3n) is 6.08. The first-order valence-electron chi connectivity index (χ1n) is 13.2. The molecule has 4 rings (SSSR count). The second-order valence-electron chi connectivity index (χ2n) is 8.94. The van der Waals surface area contributed by atoms with E-state index in [0.29, 0.717) is 34.7 Å². The molecule has 4 N–H and O–H groups in total. The fraction of sp³-hybridized carbons (Fsp3) is 0.125. The van der Waals surface area contributed by atoms with Gasteiger partial charge >= 0.3 is 0 Å². The Morgan fingerprint density at radius 3 is 1.24 bits per heavy atom. The van der Waals surface area contributed by atoms with Gasteiger partial charge in [-0.2, -0.15) is 10.2 Å². The molecule has 0 aliphatic heterocycles. The molecule has 0 aromatic heterocycles. The quantitative estimate of drug-likeness (QED) is 0.108. The summed E-state index contributed by atoms with van der Waals surface area (Å²) in [6.45, 7) is 1.06. The van der Waals surface area contributed by atoms with E-state index in [9.17, 15) is 0 Å². The van der Waals surface area contributed by atoms with Crippen molar-refractivity contribution in [2.45, 2.75) is 13.1 Å². The Kier molecular flexibility index (Phi) is 11.4. The lowest BCUT2D eigenvalue weighted by atomic mass is 10.00. The van der Waals surface area contributed by atoms with Gasteiger partial charge in [-0.25, -0.2) is 0 Å². The van der Waals surface area contributed by atoms with Crippen LogP contribution in [0, 0.1) is 0 Å². The summed E-state index contributed by atoms with van der Waals surface area (Å²) in [5.41, 5.74) is 10.9. The second-order valence-corrected chi connectivity index (χ2v) is 9.75. The highest BCUT2D eigenvalue weighted by atomic mass is 32.1. The largest absolute Gasteiger partial charge is 0.497 e. The van der Waals surface area contributed by atoms with Gasteiger partial charge in [0.05, 0.1) is 14.2 Å². The molecule has 42 heavy (non-hydrogen) atoms. The highest BCUT2D eigenvalue weighted by Crippen LogP contribution is 2.13. The number of hydrazone groups is 2. The number of hydrogen-bond acceptors (Lipinski definition) is 6. The van der Waals surface area contributed by atoms with E-state index in [1.807, 2.05) is 109 Å². The minimum Gasteiger partial charge on any atom is -0.497 e. The molecule has 0 saturated carbocycles. The maximum Gasteiger partial charge on any atom is 0.187 e. The normalized spacial score (nSPS) is 11.3. The molecule has 0 bridgehead atoms. The second kappa shape index (κ2) is 15.8. The number of methoxy groups -OCH3 is 2. The van der Waals surface area contributed by atoms with E-state index < -0.39 is 0 Å². The maximum atomic E-state index is 5.53. The van der Waals surface area contributed by atoms with Gasteiger partial charge in [0.25, 0.3) is 0 Å². The SMILES string of the molecule is COc1ccc(CNC(=S)N/N=C(/C(=N/NC(=S)NCc2ccc(OC)cc2)c2ccccc2)c2ccccc2)cc1. The third-order valence-corrected chi connectivity index (χ3v) is 6.55. The van der Waals surface area contributed by atoms with Gasteiger partial charge in [0.15, 0.2) is 10.2 Å². The number of nitrogens with zero attached hydrogens (tertiary/aromatic N) is 2. The minimum atomic E-state index is 0.372. The summed E-state index contributed by atoms with van der Waals surface area (Å²) in [7, 11) is 3.29. The van der Waals surface area contributed by atoms with E-state index >= 15 is 0 Å². The van der Waals surface area contributed by atoms with E-state index in [-0.39, 0.29) is 0 Å². The maximum absolute atomic E-state index is 5.53. The Balaban J connectivity index is 1.51. The topological polar surface area (TPSA) is 91.3 Å². The molecular formula is C32H32N6O2S2. The van der Waals surface area contributed by atoms with E-state index in [1.54, 1.807) is 14.2 Å². The number of benzene rings is 4. The van der Waals surface area contributed by atoms with Gasteiger partial charge in [0.1, 0.15) is 22.9 Å². The molecule has 4 aromatic carbocycles. The smallest absolute Gasteiger partial charge is 0.187 e. The number of rotatable bonds is 11.